The number of nitrogens with one attached hydrogen (secondary N) is 1. The monoisotopic (exact) mass is 476 g/mol. The molecule has 0 bridgehead atoms. The van der Waals surface area contributed by atoms with Gasteiger partial charge >= 0.3 is 0 Å². The van der Waals surface area contributed by atoms with Crippen molar-refractivity contribution in [2.45, 2.75) is 38.5 Å². The Bertz CT molecular complexity index is 581. The van der Waals surface area contributed by atoms with Crippen LogP contribution in [-0.4, -0.2) is 68.0 Å². The molecule has 8 heteroatoms. The minimum absolute atomic E-state index is 0. The Morgan fingerprint density at radius 3 is 2.96 bits per heavy atom. The maximum absolute atomic E-state index is 5.92. The van der Waals surface area contributed by atoms with Crippen molar-refractivity contribution < 1.29 is 14.2 Å². The van der Waals surface area contributed by atoms with Crippen LogP contribution in [0.2, 0.25) is 0 Å². The average molecular weight is 476 g/mol. The number of guanidine groups is 1. The average Bonchev–Trinajstić information content (AvgIpc) is 3.19. The third-order valence-electron chi connectivity index (χ3n) is 4.55. The lowest BCUT2D eigenvalue weighted by molar-refractivity contribution is -0.0817. The van der Waals surface area contributed by atoms with Gasteiger partial charge in [0.15, 0.2) is 5.96 Å². The Kier molecular flexibility index (Phi) is 8.86. The summed E-state index contributed by atoms with van der Waals surface area (Å²) in [5.74, 6) is 1.55. The highest BCUT2D eigenvalue weighted by Gasteiger charge is 2.32. The summed E-state index contributed by atoms with van der Waals surface area (Å²) in [7, 11) is 1.81. The van der Waals surface area contributed by atoms with Gasteiger partial charge in [0.25, 0.3) is 0 Å². The second kappa shape index (κ2) is 10.9. The van der Waals surface area contributed by atoms with Crippen LogP contribution < -0.4 is 10.1 Å². The van der Waals surface area contributed by atoms with Gasteiger partial charge < -0.3 is 24.4 Å². The molecule has 0 radical (unpaired) electrons. The van der Waals surface area contributed by atoms with Gasteiger partial charge in [0.1, 0.15) is 6.10 Å². The molecule has 3 heterocycles. The molecule has 0 aromatic carbocycles. The van der Waals surface area contributed by atoms with Crippen molar-refractivity contribution in [2.24, 2.45) is 4.99 Å². The molecule has 1 aromatic rings. The van der Waals surface area contributed by atoms with E-state index in [1.165, 1.54) is 0 Å². The van der Waals surface area contributed by atoms with Crippen molar-refractivity contribution >= 4 is 29.9 Å². The first-order valence-electron chi connectivity index (χ1n) is 9.07. The Balaban J connectivity index is 0.00000243. The number of nitrogens with zero attached hydrogens (tertiary/aromatic N) is 3. The first kappa shape index (κ1) is 21.2. The lowest BCUT2D eigenvalue weighted by atomic mass is 10.1. The zero-order chi connectivity index (χ0) is 17.5. The fourth-order valence-corrected chi connectivity index (χ4v) is 3.32. The summed E-state index contributed by atoms with van der Waals surface area (Å²) in [4.78, 5) is 11.0. The number of hydrogen-bond acceptors (Lipinski definition) is 5. The molecular formula is C18H29IN4O3. The van der Waals surface area contributed by atoms with E-state index in [1.54, 1.807) is 6.20 Å². The van der Waals surface area contributed by atoms with Gasteiger partial charge in [-0.3, -0.25) is 4.99 Å². The van der Waals surface area contributed by atoms with Crippen molar-refractivity contribution in [1.82, 2.24) is 15.2 Å². The first-order valence-corrected chi connectivity index (χ1v) is 9.07. The molecule has 0 aliphatic carbocycles. The molecule has 0 amide bonds. The number of aliphatic imine (C=N–C) groups is 1. The SMILES string of the molecule is CCOc1ncccc1CNC(=NC)N1CCOC(C2CCCO2)C1.I. The molecule has 1 aromatic heterocycles. The molecule has 0 saturated carbocycles. The molecule has 1 N–H and O–H groups in total. The zero-order valence-electron chi connectivity index (χ0n) is 15.5. The van der Waals surface area contributed by atoms with Gasteiger partial charge in [-0.1, -0.05) is 6.07 Å². The van der Waals surface area contributed by atoms with Crippen LogP contribution in [0.25, 0.3) is 0 Å². The summed E-state index contributed by atoms with van der Waals surface area (Å²) < 4.78 is 17.3. The summed E-state index contributed by atoms with van der Waals surface area (Å²) in [5.41, 5.74) is 1.02. The highest BCUT2D eigenvalue weighted by molar-refractivity contribution is 14.0. The molecule has 2 unspecified atom stereocenters. The van der Waals surface area contributed by atoms with Gasteiger partial charge in [-0.15, -0.1) is 24.0 Å². The summed E-state index contributed by atoms with van der Waals surface area (Å²) in [6.45, 7) is 6.36. The smallest absolute Gasteiger partial charge is 0.218 e. The third-order valence-corrected chi connectivity index (χ3v) is 4.55. The summed E-state index contributed by atoms with van der Waals surface area (Å²) in [6, 6.07) is 3.94. The van der Waals surface area contributed by atoms with Crippen LogP contribution in [0.15, 0.2) is 23.3 Å². The molecule has 146 valence electrons. The van der Waals surface area contributed by atoms with E-state index in [9.17, 15) is 0 Å². The molecule has 2 aliphatic rings. The largest absolute Gasteiger partial charge is 0.478 e. The van der Waals surface area contributed by atoms with Crippen molar-refractivity contribution in [3.05, 3.63) is 23.9 Å². The fourth-order valence-electron chi connectivity index (χ4n) is 3.32. The second-order valence-electron chi connectivity index (χ2n) is 6.21. The van der Waals surface area contributed by atoms with Gasteiger partial charge in [-0.05, 0) is 25.8 Å². The van der Waals surface area contributed by atoms with Gasteiger partial charge in [-0.25, -0.2) is 4.98 Å². The minimum atomic E-state index is 0. The van der Waals surface area contributed by atoms with E-state index in [0.29, 0.717) is 25.6 Å². The highest BCUT2D eigenvalue weighted by Crippen LogP contribution is 2.21. The van der Waals surface area contributed by atoms with E-state index in [2.05, 4.69) is 20.2 Å². The number of pyridine rings is 1. The predicted molar refractivity (Wildman–Crippen MR) is 111 cm³/mol. The maximum atomic E-state index is 5.92. The summed E-state index contributed by atoms with van der Waals surface area (Å²) in [6.07, 6.45) is 4.28. The van der Waals surface area contributed by atoms with Crippen LogP contribution in [0.4, 0.5) is 0 Å². The van der Waals surface area contributed by atoms with E-state index in [0.717, 1.165) is 44.1 Å². The van der Waals surface area contributed by atoms with E-state index in [1.807, 2.05) is 26.1 Å². The van der Waals surface area contributed by atoms with E-state index < -0.39 is 0 Å². The lowest BCUT2D eigenvalue weighted by Gasteiger charge is -2.37. The number of rotatable bonds is 5. The Hall–Kier alpha value is -1.13. The third kappa shape index (κ3) is 5.43. The highest BCUT2D eigenvalue weighted by atomic mass is 127. The van der Waals surface area contributed by atoms with Gasteiger partial charge in [0.2, 0.25) is 5.88 Å². The first-order chi connectivity index (χ1) is 12.3. The van der Waals surface area contributed by atoms with E-state index >= 15 is 0 Å². The maximum Gasteiger partial charge on any atom is 0.218 e. The lowest BCUT2D eigenvalue weighted by Crippen LogP contribution is -2.53. The molecule has 2 aliphatic heterocycles. The topological polar surface area (TPSA) is 68.2 Å². The number of ether oxygens (including phenoxy) is 3. The Morgan fingerprint density at radius 1 is 1.38 bits per heavy atom. The van der Waals surface area contributed by atoms with Gasteiger partial charge in [0.05, 0.1) is 19.3 Å². The van der Waals surface area contributed by atoms with Crippen LogP contribution in [0.3, 0.4) is 0 Å². The standard InChI is InChI=1S/C18H28N4O3.HI/c1-3-23-17-14(6-4-8-20-17)12-21-18(19-2)22-9-11-25-16(13-22)15-7-5-10-24-15;/h4,6,8,15-16H,3,5,7,9-13H2,1-2H3,(H,19,21);1H. The quantitative estimate of drug-likeness (QED) is 0.399. The van der Waals surface area contributed by atoms with E-state index in [-0.39, 0.29) is 36.2 Å². The summed E-state index contributed by atoms with van der Waals surface area (Å²) in [5, 5.41) is 3.42. The molecule has 3 rings (SSSR count). The van der Waals surface area contributed by atoms with Crippen molar-refractivity contribution in [1.29, 1.82) is 0 Å². The van der Waals surface area contributed by atoms with Crippen molar-refractivity contribution in [3.8, 4) is 5.88 Å². The molecule has 2 atom stereocenters. The molecule has 2 saturated heterocycles. The summed E-state index contributed by atoms with van der Waals surface area (Å²) >= 11 is 0. The predicted octanol–water partition coefficient (Wildman–Crippen LogP) is 2.05. The van der Waals surface area contributed by atoms with Crippen LogP contribution in [0, 0.1) is 0 Å². The number of aromatic nitrogens is 1. The van der Waals surface area contributed by atoms with Crippen molar-refractivity contribution in [3.63, 3.8) is 0 Å². The van der Waals surface area contributed by atoms with Gasteiger partial charge in [0, 0.05) is 45.0 Å². The molecule has 0 spiro atoms. The minimum Gasteiger partial charge on any atom is -0.478 e. The zero-order valence-corrected chi connectivity index (χ0v) is 17.8. The molecule has 7 nitrogen and oxygen atoms in total. The van der Waals surface area contributed by atoms with Crippen LogP contribution in [0.1, 0.15) is 25.3 Å². The van der Waals surface area contributed by atoms with Gasteiger partial charge in [-0.2, -0.15) is 0 Å². The molecule has 26 heavy (non-hydrogen) atoms. The molecule has 2 fully saturated rings. The van der Waals surface area contributed by atoms with Crippen LogP contribution in [0.5, 0.6) is 5.88 Å². The number of hydrogen-bond donors (Lipinski definition) is 1. The normalized spacial score (nSPS) is 23.5. The Morgan fingerprint density at radius 2 is 2.23 bits per heavy atom. The van der Waals surface area contributed by atoms with Crippen LogP contribution in [-0.2, 0) is 16.0 Å². The van der Waals surface area contributed by atoms with E-state index in [4.69, 9.17) is 14.2 Å². The fraction of sp³-hybridized carbons (Fsp3) is 0.667. The Labute approximate surface area is 172 Å². The van der Waals surface area contributed by atoms with Crippen LogP contribution >= 0.6 is 24.0 Å². The number of morpholine rings is 1. The van der Waals surface area contributed by atoms with Crippen molar-refractivity contribution in [2.75, 3.05) is 40.0 Å². The molecular weight excluding hydrogens is 447 g/mol. The number of halogens is 1. The second-order valence-corrected chi connectivity index (χ2v) is 6.21.